The third-order valence-corrected chi connectivity index (χ3v) is 3.13. The second-order valence-electron chi connectivity index (χ2n) is 3.90. The first-order valence-electron chi connectivity index (χ1n) is 5.64. The van der Waals surface area contributed by atoms with Crippen LogP contribution >= 0.6 is 15.9 Å². The molecular formula is C14H14BrNO. The van der Waals surface area contributed by atoms with Gasteiger partial charge in [0.25, 0.3) is 0 Å². The third kappa shape index (κ3) is 3.30. The number of rotatable bonds is 4. The van der Waals surface area contributed by atoms with Crippen molar-refractivity contribution >= 4 is 38.3 Å². The van der Waals surface area contributed by atoms with E-state index < -0.39 is 0 Å². The second-order valence-corrected chi connectivity index (χ2v) is 4.70. The molecule has 2 rings (SSSR count). The summed E-state index contributed by atoms with van der Waals surface area (Å²) in [5, 5.41) is 6.10. The Balaban J connectivity index is 2.11. The molecule has 0 aliphatic carbocycles. The number of halogens is 1. The molecule has 2 nitrogen and oxygen atoms in total. The van der Waals surface area contributed by atoms with Gasteiger partial charge in [-0.15, -0.1) is 0 Å². The molecule has 88 valence electrons. The van der Waals surface area contributed by atoms with Gasteiger partial charge in [0.1, 0.15) is 0 Å². The van der Waals surface area contributed by atoms with Gasteiger partial charge in [0, 0.05) is 17.4 Å². The molecule has 0 heterocycles. The predicted octanol–water partition coefficient (Wildman–Crippen LogP) is 3.95. The van der Waals surface area contributed by atoms with Crippen molar-refractivity contribution < 1.29 is 4.79 Å². The number of anilines is 1. The summed E-state index contributed by atoms with van der Waals surface area (Å²) in [4.78, 5) is 11.6. The Hall–Kier alpha value is -1.35. The van der Waals surface area contributed by atoms with Gasteiger partial charge in [0.05, 0.1) is 0 Å². The molecule has 0 fully saturated rings. The third-order valence-electron chi connectivity index (χ3n) is 2.57. The molecule has 0 unspecified atom stereocenters. The molecule has 0 radical (unpaired) electrons. The Labute approximate surface area is 109 Å². The Morgan fingerprint density at radius 3 is 2.65 bits per heavy atom. The molecule has 0 atom stereocenters. The maximum Gasteiger partial charge on any atom is 0.224 e. The summed E-state index contributed by atoms with van der Waals surface area (Å²) in [6.07, 6.45) is 1.41. The lowest BCUT2D eigenvalue weighted by molar-refractivity contribution is -0.116. The smallest absolute Gasteiger partial charge is 0.224 e. The van der Waals surface area contributed by atoms with Crippen LogP contribution in [0, 0.1) is 0 Å². The van der Waals surface area contributed by atoms with Gasteiger partial charge in [0.15, 0.2) is 0 Å². The summed E-state index contributed by atoms with van der Waals surface area (Å²) < 4.78 is 0. The van der Waals surface area contributed by atoms with E-state index in [1.807, 2.05) is 36.4 Å². The Morgan fingerprint density at radius 1 is 1.12 bits per heavy atom. The molecule has 0 bridgehead atoms. The van der Waals surface area contributed by atoms with Crippen molar-refractivity contribution in [1.82, 2.24) is 0 Å². The van der Waals surface area contributed by atoms with E-state index in [9.17, 15) is 4.79 Å². The van der Waals surface area contributed by atoms with Gasteiger partial charge in [-0.1, -0.05) is 46.3 Å². The molecule has 3 heteroatoms. The lowest BCUT2D eigenvalue weighted by Gasteiger charge is -2.06. The molecule has 1 amide bonds. The molecule has 0 saturated carbocycles. The number of carbonyl (C=O) groups excluding carboxylic acids is 1. The highest BCUT2D eigenvalue weighted by Crippen LogP contribution is 2.18. The van der Waals surface area contributed by atoms with Crippen molar-refractivity contribution in [1.29, 1.82) is 0 Å². The normalized spacial score (nSPS) is 10.4. The maximum atomic E-state index is 11.6. The van der Waals surface area contributed by atoms with Crippen molar-refractivity contribution in [3.8, 4) is 0 Å². The molecule has 2 aromatic rings. The van der Waals surface area contributed by atoms with Crippen LogP contribution in [0.15, 0.2) is 42.5 Å². The molecule has 0 aromatic heterocycles. The average molecular weight is 292 g/mol. The monoisotopic (exact) mass is 291 g/mol. The SMILES string of the molecule is O=C(CCCBr)Nc1ccc2ccccc2c1. The first kappa shape index (κ1) is 12.1. The van der Waals surface area contributed by atoms with E-state index in [1.165, 1.54) is 5.39 Å². The zero-order valence-electron chi connectivity index (χ0n) is 9.45. The number of fused-ring (bicyclic) bond motifs is 1. The number of benzene rings is 2. The number of hydrogen-bond donors (Lipinski definition) is 1. The number of alkyl halides is 1. The van der Waals surface area contributed by atoms with Crippen molar-refractivity contribution in [2.24, 2.45) is 0 Å². The summed E-state index contributed by atoms with van der Waals surface area (Å²) >= 11 is 3.32. The zero-order chi connectivity index (χ0) is 12.1. The van der Waals surface area contributed by atoms with Crippen LogP contribution in [0.3, 0.4) is 0 Å². The van der Waals surface area contributed by atoms with Gasteiger partial charge in [0.2, 0.25) is 5.91 Å². The van der Waals surface area contributed by atoms with Gasteiger partial charge in [-0.25, -0.2) is 0 Å². The van der Waals surface area contributed by atoms with Gasteiger partial charge in [-0.05, 0) is 29.3 Å². The van der Waals surface area contributed by atoms with Crippen LogP contribution in [-0.4, -0.2) is 11.2 Å². The van der Waals surface area contributed by atoms with E-state index in [1.54, 1.807) is 0 Å². The van der Waals surface area contributed by atoms with E-state index in [-0.39, 0.29) is 5.91 Å². The van der Waals surface area contributed by atoms with Crippen molar-refractivity contribution in [2.75, 3.05) is 10.6 Å². The van der Waals surface area contributed by atoms with Crippen LogP contribution in [0.2, 0.25) is 0 Å². The molecule has 0 saturated heterocycles. The quantitative estimate of drug-likeness (QED) is 0.849. The average Bonchev–Trinajstić information content (AvgIpc) is 2.36. The van der Waals surface area contributed by atoms with Crippen molar-refractivity contribution in [2.45, 2.75) is 12.8 Å². The summed E-state index contributed by atoms with van der Waals surface area (Å²) in [7, 11) is 0. The molecule has 0 aliphatic heterocycles. The minimum absolute atomic E-state index is 0.0692. The minimum atomic E-state index is 0.0692. The van der Waals surface area contributed by atoms with Crippen LogP contribution in [0.4, 0.5) is 5.69 Å². The van der Waals surface area contributed by atoms with Gasteiger partial charge >= 0.3 is 0 Å². The number of nitrogens with one attached hydrogen (secondary N) is 1. The molecular weight excluding hydrogens is 278 g/mol. The van der Waals surface area contributed by atoms with Crippen LogP contribution in [0.25, 0.3) is 10.8 Å². The van der Waals surface area contributed by atoms with Gasteiger partial charge < -0.3 is 5.32 Å². The fourth-order valence-corrected chi connectivity index (χ4v) is 2.00. The molecule has 2 aromatic carbocycles. The summed E-state index contributed by atoms with van der Waals surface area (Å²) in [5.41, 5.74) is 0.864. The summed E-state index contributed by atoms with van der Waals surface area (Å²) in [6, 6.07) is 14.1. The fraction of sp³-hybridized carbons (Fsp3) is 0.214. The van der Waals surface area contributed by atoms with Crippen LogP contribution in [0.5, 0.6) is 0 Å². The highest BCUT2D eigenvalue weighted by Gasteiger charge is 2.02. The van der Waals surface area contributed by atoms with Crippen LogP contribution < -0.4 is 5.32 Å². The molecule has 0 spiro atoms. The standard InChI is InChI=1S/C14H14BrNO/c15-9-3-6-14(17)16-13-8-7-11-4-1-2-5-12(11)10-13/h1-2,4-5,7-8,10H,3,6,9H2,(H,16,17). The number of hydrogen-bond acceptors (Lipinski definition) is 1. The Morgan fingerprint density at radius 2 is 1.88 bits per heavy atom. The number of amides is 1. The van der Waals surface area contributed by atoms with E-state index in [4.69, 9.17) is 0 Å². The van der Waals surface area contributed by atoms with E-state index in [0.29, 0.717) is 6.42 Å². The van der Waals surface area contributed by atoms with Crippen LogP contribution in [-0.2, 0) is 4.79 Å². The highest BCUT2D eigenvalue weighted by atomic mass is 79.9. The maximum absolute atomic E-state index is 11.6. The first-order chi connectivity index (χ1) is 8.29. The topological polar surface area (TPSA) is 29.1 Å². The van der Waals surface area contributed by atoms with E-state index >= 15 is 0 Å². The lowest BCUT2D eigenvalue weighted by Crippen LogP contribution is -2.11. The molecule has 0 aliphatic rings. The zero-order valence-corrected chi connectivity index (χ0v) is 11.0. The second kappa shape index (κ2) is 5.82. The van der Waals surface area contributed by atoms with Crippen molar-refractivity contribution in [3.63, 3.8) is 0 Å². The summed E-state index contributed by atoms with van der Waals surface area (Å²) in [6.45, 7) is 0. The minimum Gasteiger partial charge on any atom is -0.326 e. The largest absolute Gasteiger partial charge is 0.326 e. The summed E-state index contributed by atoms with van der Waals surface area (Å²) in [5.74, 6) is 0.0692. The highest BCUT2D eigenvalue weighted by molar-refractivity contribution is 9.09. The lowest BCUT2D eigenvalue weighted by atomic mass is 10.1. The van der Waals surface area contributed by atoms with E-state index in [2.05, 4.69) is 27.3 Å². The molecule has 1 N–H and O–H groups in total. The predicted molar refractivity (Wildman–Crippen MR) is 75.6 cm³/mol. The van der Waals surface area contributed by atoms with Gasteiger partial charge in [-0.2, -0.15) is 0 Å². The van der Waals surface area contributed by atoms with Crippen LogP contribution in [0.1, 0.15) is 12.8 Å². The first-order valence-corrected chi connectivity index (χ1v) is 6.76. The fourth-order valence-electron chi connectivity index (χ4n) is 1.72. The van der Waals surface area contributed by atoms with Crippen molar-refractivity contribution in [3.05, 3.63) is 42.5 Å². The van der Waals surface area contributed by atoms with E-state index in [0.717, 1.165) is 22.8 Å². The Kier molecular flexibility index (Phi) is 4.15. The molecule has 17 heavy (non-hydrogen) atoms. The van der Waals surface area contributed by atoms with Gasteiger partial charge in [-0.3, -0.25) is 4.79 Å². The Bertz CT molecular complexity index is 524. The number of carbonyl (C=O) groups is 1.